The van der Waals surface area contributed by atoms with Gasteiger partial charge < -0.3 is 20.1 Å². The quantitative estimate of drug-likeness (QED) is 0.199. The lowest BCUT2D eigenvalue weighted by Crippen LogP contribution is -2.37. The molecule has 0 saturated heterocycles. The molecule has 0 spiro atoms. The van der Waals surface area contributed by atoms with E-state index in [0.717, 1.165) is 17.6 Å². The number of carbonyl (C=O) groups excluding carboxylic acids is 2. The Kier molecular flexibility index (Phi) is 11.6. The van der Waals surface area contributed by atoms with E-state index < -0.39 is 0 Å². The molecule has 2 aliphatic heterocycles. The Hall–Kier alpha value is -3.69. The number of nitrogens with one attached hydrogen (secondary N) is 4. The first-order valence-corrected chi connectivity index (χ1v) is 11.9. The van der Waals surface area contributed by atoms with Crippen LogP contribution in [0.5, 0.6) is 0 Å². The highest BCUT2D eigenvalue weighted by Gasteiger charge is 2.26. The predicted molar refractivity (Wildman–Crippen MR) is 142 cm³/mol. The van der Waals surface area contributed by atoms with Gasteiger partial charge in [0.1, 0.15) is 18.2 Å². The molecule has 194 valence electrons. The van der Waals surface area contributed by atoms with E-state index in [4.69, 9.17) is 9.47 Å². The van der Waals surface area contributed by atoms with Crippen LogP contribution < -0.4 is 21.5 Å². The molecule has 0 radical (unpaired) electrons. The van der Waals surface area contributed by atoms with Crippen molar-refractivity contribution >= 4 is 18.0 Å². The summed E-state index contributed by atoms with van der Waals surface area (Å²) in [5, 5.41) is 6.00. The highest BCUT2D eigenvalue weighted by Crippen LogP contribution is 2.29. The number of hydrogen-bond acceptors (Lipinski definition) is 7. The van der Waals surface area contributed by atoms with Crippen LogP contribution in [0.3, 0.4) is 0 Å². The average Bonchev–Trinajstić information content (AvgIpc) is 2.85. The second-order valence-corrected chi connectivity index (χ2v) is 8.01. The second-order valence-electron chi connectivity index (χ2n) is 8.01. The third-order valence-electron chi connectivity index (χ3n) is 5.33. The normalized spacial score (nSPS) is 20.7. The van der Waals surface area contributed by atoms with Crippen molar-refractivity contribution in [3.8, 4) is 0 Å². The topological polar surface area (TPSA) is 113 Å². The van der Waals surface area contributed by atoms with E-state index in [1.165, 1.54) is 6.08 Å². The number of hydrazine groups is 1. The number of aliphatic imine (C=N–C) groups is 1. The first-order valence-electron chi connectivity index (χ1n) is 11.9. The molecule has 2 aliphatic rings. The van der Waals surface area contributed by atoms with Crippen LogP contribution in [0.15, 0.2) is 87.7 Å². The molecule has 4 N–H and O–H groups in total. The molecule has 1 unspecified atom stereocenters. The number of hydrogen-bond donors (Lipinski definition) is 4. The lowest BCUT2D eigenvalue weighted by Gasteiger charge is -2.25. The standard InChI is InChI=1S/C27H37N5O4/c1-7-10-20-17-36-19(5)26(27(34)32-28-6)22(20)13-15-35-21-12-14-29-24(16-21)31-23(11-8-2)18(4)30-25(33)9-3/h8-11,13-14,16,21,28,31H,3,7,12,15,17H2,1-2,4-6H3,(H,30,33)(H,32,34)/b11-8-,20-10-,22-13+,23-18-. The number of rotatable bonds is 11. The Morgan fingerprint density at radius 1 is 1.33 bits per heavy atom. The number of ether oxygens (including phenoxy) is 2. The second kappa shape index (κ2) is 14.7. The molecule has 36 heavy (non-hydrogen) atoms. The smallest absolute Gasteiger partial charge is 0.269 e. The molecule has 9 nitrogen and oxygen atoms in total. The van der Waals surface area contributed by atoms with E-state index in [1.807, 2.05) is 38.2 Å². The van der Waals surface area contributed by atoms with Gasteiger partial charge in [-0.05, 0) is 56.6 Å². The van der Waals surface area contributed by atoms with Crippen molar-refractivity contribution in [3.63, 3.8) is 0 Å². The van der Waals surface area contributed by atoms with E-state index in [2.05, 4.69) is 39.1 Å². The lowest BCUT2D eigenvalue weighted by atomic mass is 9.93. The zero-order valence-corrected chi connectivity index (χ0v) is 21.7. The van der Waals surface area contributed by atoms with Gasteiger partial charge in [0.05, 0.1) is 24.0 Å². The van der Waals surface area contributed by atoms with Crippen LogP contribution in [0.1, 0.15) is 40.5 Å². The van der Waals surface area contributed by atoms with Gasteiger partial charge in [-0.25, -0.2) is 10.4 Å². The molecule has 0 bridgehead atoms. The van der Waals surface area contributed by atoms with E-state index in [-0.39, 0.29) is 17.9 Å². The van der Waals surface area contributed by atoms with Gasteiger partial charge in [0, 0.05) is 25.4 Å². The number of allylic oxidation sites excluding steroid dienone is 5. The monoisotopic (exact) mass is 495 g/mol. The fourth-order valence-corrected chi connectivity index (χ4v) is 3.65. The highest BCUT2D eigenvalue weighted by molar-refractivity contribution is 5.99. The third kappa shape index (κ3) is 8.21. The Bertz CT molecular complexity index is 1060. The van der Waals surface area contributed by atoms with Gasteiger partial charge in [-0.2, -0.15) is 0 Å². The SMILES string of the molecule is C=CC(=O)N/C(C)=C(/C=C\C)NC1=CC(OC/C=C2/C(C(=O)NNC)=C(C)OC/C2=C/CC)CC=N1. The molecule has 2 rings (SSSR count). The molecular weight excluding hydrogens is 458 g/mol. The minimum atomic E-state index is -0.289. The molecular formula is C27H37N5O4. The van der Waals surface area contributed by atoms with Crippen molar-refractivity contribution < 1.29 is 19.1 Å². The number of amides is 2. The van der Waals surface area contributed by atoms with Gasteiger partial charge in [0.25, 0.3) is 5.91 Å². The molecule has 0 aromatic rings. The van der Waals surface area contributed by atoms with Crippen molar-refractivity contribution in [2.75, 3.05) is 20.3 Å². The minimum absolute atomic E-state index is 0.213. The summed E-state index contributed by atoms with van der Waals surface area (Å²) in [5.74, 6) is 0.631. The van der Waals surface area contributed by atoms with Crippen molar-refractivity contribution in [2.24, 2.45) is 4.99 Å². The average molecular weight is 496 g/mol. The van der Waals surface area contributed by atoms with Crippen LogP contribution in [0.2, 0.25) is 0 Å². The van der Waals surface area contributed by atoms with Gasteiger partial charge in [-0.15, -0.1) is 0 Å². The predicted octanol–water partition coefficient (Wildman–Crippen LogP) is 3.20. The van der Waals surface area contributed by atoms with Gasteiger partial charge >= 0.3 is 0 Å². The van der Waals surface area contributed by atoms with Gasteiger partial charge in [0.15, 0.2) is 0 Å². The maximum atomic E-state index is 12.7. The summed E-state index contributed by atoms with van der Waals surface area (Å²) in [5.41, 5.74) is 8.90. The van der Waals surface area contributed by atoms with E-state index >= 15 is 0 Å². The molecule has 0 aromatic carbocycles. The molecule has 1 atom stereocenters. The zero-order valence-electron chi connectivity index (χ0n) is 21.7. The van der Waals surface area contributed by atoms with Crippen molar-refractivity contribution in [1.82, 2.24) is 21.5 Å². The molecule has 2 heterocycles. The Balaban J connectivity index is 2.19. The van der Waals surface area contributed by atoms with Gasteiger partial charge in [-0.1, -0.05) is 31.7 Å². The van der Waals surface area contributed by atoms with E-state index in [9.17, 15) is 9.59 Å². The summed E-state index contributed by atoms with van der Waals surface area (Å²) >= 11 is 0. The summed E-state index contributed by atoms with van der Waals surface area (Å²) in [7, 11) is 1.64. The molecule has 0 aliphatic carbocycles. The Labute approximate surface area is 213 Å². The van der Waals surface area contributed by atoms with E-state index in [0.29, 0.717) is 48.2 Å². The first kappa shape index (κ1) is 28.5. The van der Waals surface area contributed by atoms with Crippen LogP contribution in [-0.2, 0) is 19.1 Å². The van der Waals surface area contributed by atoms with Crippen LogP contribution in [0.4, 0.5) is 0 Å². The molecule has 0 fully saturated rings. The van der Waals surface area contributed by atoms with E-state index in [1.54, 1.807) is 27.1 Å². The van der Waals surface area contributed by atoms with Crippen LogP contribution in [0.25, 0.3) is 0 Å². The number of carbonyl (C=O) groups is 2. The van der Waals surface area contributed by atoms with Crippen molar-refractivity contribution in [2.45, 2.75) is 46.6 Å². The third-order valence-corrected chi connectivity index (χ3v) is 5.33. The molecule has 0 aromatic heterocycles. The molecule has 9 heteroatoms. The van der Waals surface area contributed by atoms with Crippen LogP contribution >= 0.6 is 0 Å². The minimum Gasteiger partial charge on any atom is -0.493 e. The lowest BCUT2D eigenvalue weighted by molar-refractivity contribution is -0.118. The fraction of sp³-hybridized carbons (Fsp3) is 0.370. The summed E-state index contributed by atoms with van der Waals surface area (Å²) < 4.78 is 11.8. The largest absolute Gasteiger partial charge is 0.493 e. The molecule has 2 amide bonds. The summed E-state index contributed by atoms with van der Waals surface area (Å²) in [6.07, 6.45) is 13.8. The fourth-order valence-electron chi connectivity index (χ4n) is 3.65. The highest BCUT2D eigenvalue weighted by atomic mass is 16.5. The number of nitrogens with zero attached hydrogens (tertiary/aromatic N) is 1. The molecule has 0 saturated carbocycles. The van der Waals surface area contributed by atoms with Gasteiger partial charge in [0.2, 0.25) is 5.91 Å². The van der Waals surface area contributed by atoms with Crippen molar-refractivity contribution in [1.29, 1.82) is 0 Å². The van der Waals surface area contributed by atoms with Crippen LogP contribution in [-0.4, -0.2) is 44.4 Å². The van der Waals surface area contributed by atoms with Crippen LogP contribution in [0, 0.1) is 0 Å². The Morgan fingerprint density at radius 2 is 2.11 bits per heavy atom. The summed E-state index contributed by atoms with van der Waals surface area (Å²) in [6, 6.07) is 0. The summed E-state index contributed by atoms with van der Waals surface area (Å²) in [6.45, 7) is 11.7. The summed E-state index contributed by atoms with van der Waals surface area (Å²) in [4.78, 5) is 28.8. The maximum Gasteiger partial charge on any atom is 0.269 e. The Morgan fingerprint density at radius 3 is 2.78 bits per heavy atom. The first-order chi connectivity index (χ1) is 17.3. The maximum absolute atomic E-state index is 12.7. The van der Waals surface area contributed by atoms with Gasteiger partial charge in [-0.3, -0.25) is 15.0 Å². The van der Waals surface area contributed by atoms with Crippen molar-refractivity contribution in [3.05, 3.63) is 82.7 Å². The zero-order chi connectivity index (χ0) is 26.5.